The van der Waals surface area contributed by atoms with E-state index < -0.39 is 12.0 Å². The molecule has 1 unspecified atom stereocenters. The Hall–Kier alpha value is -2.19. The number of amides is 2. The Labute approximate surface area is 247 Å². The van der Waals surface area contributed by atoms with Gasteiger partial charge in [-0.25, -0.2) is 0 Å². The molecule has 2 aliphatic carbocycles. The number of allylic oxidation sites excluding steroid dienone is 4. The van der Waals surface area contributed by atoms with E-state index in [4.69, 9.17) is 38.4 Å². The Morgan fingerprint density at radius 3 is 2.40 bits per heavy atom. The lowest BCUT2D eigenvalue weighted by molar-refractivity contribution is -0.130. The molecule has 7 nitrogen and oxygen atoms in total. The van der Waals surface area contributed by atoms with Gasteiger partial charge in [-0.2, -0.15) is 0 Å². The maximum absolute atomic E-state index is 13.9. The standard InChI is InChI=1S/C31H41Cl2N3O4/c1-4-30(20(2)3)11-13-31(14-12-30)35-27(23-17-24(32)19-25(33)18-23)29(40)36(31)16-10-21-5-7-22(8-6-21)28(39)34-15-9-26(37)38/h5-8,17,19-20,23,26,37-38H,4,9-16,18H2,1-3H3,(H,34,39). The van der Waals surface area contributed by atoms with Gasteiger partial charge in [0.25, 0.3) is 11.8 Å². The summed E-state index contributed by atoms with van der Waals surface area (Å²) in [7, 11) is 0. The van der Waals surface area contributed by atoms with Crippen molar-refractivity contribution in [3.05, 3.63) is 57.6 Å². The zero-order valence-electron chi connectivity index (χ0n) is 23.6. The van der Waals surface area contributed by atoms with E-state index in [1.807, 2.05) is 23.1 Å². The van der Waals surface area contributed by atoms with E-state index in [1.165, 1.54) is 0 Å². The minimum Gasteiger partial charge on any atom is -0.368 e. The summed E-state index contributed by atoms with van der Waals surface area (Å²) < 4.78 is 0. The normalized spacial score (nSPS) is 26.8. The molecular formula is C31H41Cl2N3O4. The van der Waals surface area contributed by atoms with E-state index in [-0.39, 0.29) is 36.1 Å². The van der Waals surface area contributed by atoms with Crippen LogP contribution in [0.15, 0.2) is 51.5 Å². The molecule has 0 saturated heterocycles. The molecule has 3 aliphatic rings. The fraction of sp³-hybridized carbons (Fsp3) is 0.581. The van der Waals surface area contributed by atoms with Crippen molar-refractivity contribution in [1.29, 1.82) is 0 Å². The molecule has 218 valence electrons. The molecule has 1 heterocycles. The smallest absolute Gasteiger partial charge is 0.270 e. The average molecular weight is 591 g/mol. The van der Waals surface area contributed by atoms with Crippen molar-refractivity contribution < 1.29 is 19.8 Å². The van der Waals surface area contributed by atoms with Crippen LogP contribution in [0.2, 0.25) is 0 Å². The zero-order chi connectivity index (χ0) is 29.1. The van der Waals surface area contributed by atoms with E-state index in [9.17, 15) is 9.59 Å². The Bertz CT molecular complexity index is 1180. The molecule has 0 aromatic heterocycles. The number of aliphatic hydroxyl groups is 2. The quantitative estimate of drug-likeness (QED) is 0.312. The fourth-order valence-electron chi connectivity index (χ4n) is 6.45. The van der Waals surface area contributed by atoms with E-state index in [2.05, 4.69) is 26.1 Å². The lowest BCUT2D eigenvalue weighted by Crippen LogP contribution is -2.52. The van der Waals surface area contributed by atoms with Crippen molar-refractivity contribution in [3.63, 3.8) is 0 Å². The summed E-state index contributed by atoms with van der Waals surface area (Å²) in [5.74, 6) is 0.0367. The molecule has 1 aliphatic heterocycles. The number of nitrogens with one attached hydrogen (secondary N) is 1. The largest absolute Gasteiger partial charge is 0.368 e. The highest BCUT2D eigenvalue weighted by molar-refractivity contribution is 6.43. The summed E-state index contributed by atoms with van der Waals surface area (Å²) in [5.41, 5.74) is 1.79. The number of benzene rings is 1. The first-order valence-electron chi connectivity index (χ1n) is 14.4. The summed E-state index contributed by atoms with van der Waals surface area (Å²) in [6.07, 6.45) is 8.25. The third-order valence-corrected chi connectivity index (χ3v) is 9.72. The third kappa shape index (κ3) is 6.64. The summed E-state index contributed by atoms with van der Waals surface area (Å²) in [4.78, 5) is 33.5. The average Bonchev–Trinajstić information content (AvgIpc) is 3.18. The van der Waals surface area contributed by atoms with Gasteiger partial charge in [0.05, 0.1) is 0 Å². The van der Waals surface area contributed by atoms with Gasteiger partial charge >= 0.3 is 0 Å². The molecule has 1 saturated carbocycles. The zero-order valence-corrected chi connectivity index (χ0v) is 25.1. The van der Waals surface area contributed by atoms with Crippen LogP contribution in [-0.4, -0.2) is 57.7 Å². The number of halogens is 2. The molecule has 4 rings (SSSR count). The predicted molar refractivity (Wildman–Crippen MR) is 159 cm³/mol. The van der Waals surface area contributed by atoms with Crippen molar-refractivity contribution in [2.75, 3.05) is 13.1 Å². The minimum absolute atomic E-state index is 0.0345. The first kappa shape index (κ1) is 30.8. The Morgan fingerprint density at radius 1 is 1.15 bits per heavy atom. The van der Waals surface area contributed by atoms with Crippen molar-refractivity contribution in [1.82, 2.24) is 10.2 Å². The highest BCUT2D eigenvalue weighted by Crippen LogP contribution is 2.52. The summed E-state index contributed by atoms with van der Waals surface area (Å²) in [6, 6.07) is 7.32. The van der Waals surface area contributed by atoms with E-state index in [1.54, 1.807) is 18.2 Å². The van der Waals surface area contributed by atoms with Gasteiger partial charge in [0.15, 0.2) is 6.29 Å². The highest BCUT2D eigenvalue weighted by Gasteiger charge is 2.52. The van der Waals surface area contributed by atoms with Gasteiger partial charge in [-0.3, -0.25) is 14.6 Å². The SMILES string of the molecule is CCC1(C(C)C)CCC2(CC1)N=C(C1C=C(Cl)C=C(Cl)C1)C(=O)N2CCc1ccc(C(=O)NCCC(O)O)cc1. The first-order valence-corrected chi connectivity index (χ1v) is 15.1. The molecule has 0 bridgehead atoms. The lowest BCUT2D eigenvalue weighted by atomic mass is 9.63. The second-order valence-corrected chi connectivity index (χ2v) is 12.7. The number of carbonyl (C=O) groups excluding carboxylic acids is 2. The number of carbonyl (C=O) groups is 2. The number of nitrogens with zero attached hydrogens (tertiary/aromatic N) is 2. The van der Waals surface area contributed by atoms with E-state index >= 15 is 0 Å². The van der Waals surface area contributed by atoms with Crippen LogP contribution in [0.1, 0.15) is 81.6 Å². The number of rotatable bonds is 10. The molecule has 1 fully saturated rings. The summed E-state index contributed by atoms with van der Waals surface area (Å²) >= 11 is 12.7. The van der Waals surface area contributed by atoms with Crippen LogP contribution in [0.4, 0.5) is 0 Å². The topological polar surface area (TPSA) is 102 Å². The van der Waals surface area contributed by atoms with Crippen LogP contribution in [0.3, 0.4) is 0 Å². The molecule has 9 heteroatoms. The molecule has 1 atom stereocenters. The van der Waals surface area contributed by atoms with Crippen molar-refractivity contribution in [3.8, 4) is 0 Å². The van der Waals surface area contributed by atoms with Crippen LogP contribution >= 0.6 is 23.2 Å². The van der Waals surface area contributed by atoms with Gasteiger partial charge in [-0.15, -0.1) is 0 Å². The second-order valence-electron chi connectivity index (χ2n) is 11.7. The Kier molecular flexibility index (Phi) is 9.82. The predicted octanol–water partition coefficient (Wildman–Crippen LogP) is 5.53. The molecule has 2 amide bonds. The van der Waals surface area contributed by atoms with Gasteiger partial charge in [-0.05, 0) is 73.6 Å². The first-order chi connectivity index (χ1) is 19.0. The van der Waals surface area contributed by atoms with E-state index in [0.29, 0.717) is 46.6 Å². The fourth-order valence-corrected chi connectivity index (χ4v) is 7.08. The number of hydrogen-bond acceptors (Lipinski definition) is 5. The molecule has 0 radical (unpaired) electrons. The minimum atomic E-state index is -1.45. The Balaban J connectivity index is 1.50. The molecular weight excluding hydrogens is 549 g/mol. The van der Waals surface area contributed by atoms with Gasteiger partial charge < -0.3 is 20.4 Å². The van der Waals surface area contributed by atoms with Crippen LogP contribution in [0.5, 0.6) is 0 Å². The monoisotopic (exact) mass is 589 g/mol. The van der Waals surface area contributed by atoms with Crippen LogP contribution < -0.4 is 5.32 Å². The van der Waals surface area contributed by atoms with Crippen LogP contribution in [0.25, 0.3) is 0 Å². The van der Waals surface area contributed by atoms with Gasteiger partial charge in [-0.1, -0.05) is 68.6 Å². The molecule has 40 heavy (non-hydrogen) atoms. The molecule has 1 spiro atoms. The number of hydrogen-bond donors (Lipinski definition) is 3. The number of aliphatic imine (C=N–C) groups is 1. The maximum atomic E-state index is 13.9. The summed E-state index contributed by atoms with van der Waals surface area (Å²) in [5, 5.41) is 21.8. The highest BCUT2D eigenvalue weighted by atomic mass is 35.5. The van der Waals surface area contributed by atoms with Gasteiger partial charge in [0.1, 0.15) is 11.4 Å². The van der Waals surface area contributed by atoms with Gasteiger partial charge in [0.2, 0.25) is 0 Å². The van der Waals surface area contributed by atoms with Crippen molar-refractivity contribution in [2.45, 2.75) is 84.1 Å². The van der Waals surface area contributed by atoms with Gasteiger partial charge in [0, 0.05) is 41.1 Å². The molecule has 1 aromatic carbocycles. The van der Waals surface area contributed by atoms with Crippen molar-refractivity contribution >= 4 is 40.7 Å². The van der Waals surface area contributed by atoms with Crippen molar-refractivity contribution in [2.24, 2.45) is 22.2 Å². The van der Waals surface area contributed by atoms with E-state index in [0.717, 1.165) is 37.7 Å². The molecule has 1 aromatic rings. The number of aliphatic hydroxyl groups excluding tert-OH is 1. The second kappa shape index (κ2) is 12.8. The summed E-state index contributed by atoms with van der Waals surface area (Å²) in [6.45, 7) is 7.58. The third-order valence-electron chi connectivity index (χ3n) is 9.22. The van der Waals surface area contributed by atoms with Crippen LogP contribution in [-0.2, 0) is 11.2 Å². The lowest BCUT2D eigenvalue weighted by Gasteiger charge is -2.49. The molecule has 3 N–H and O–H groups in total. The Morgan fingerprint density at radius 2 is 1.82 bits per heavy atom. The van der Waals surface area contributed by atoms with Crippen LogP contribution in [0, 0.1) is 17.3 Å². The maximum Gasteiger partial charge on any atom is 0.270 e.